The summed E-state index contributed by atoms with van der Waals surface area (Å²) in [5.74, 6) is -1.53. The molecule has 0 aliphatic heterocycles. The lowest BCUT2D eigenvalue weighted by Gasteiger charge is -2.19. The van der Waals surface area contributed by atoms with Crippen molar-refractivity contribution >= 4 is 28.2 Å². The van der Waals surface area contributed by atoms with Gasteiger partial charge in [-0.05, 0) is 36.8 Å². The van der Waals surface area contributed by atoms with Gasteiger partial charge in [-0.1, -0.05) is 17.7 Å². The quantitative estimate of drug-likeness (QED) is 0.517. The first-order chi connectivity index (χ1) is 14.0. The summed E-state index contributed by atoms with van der Waals surface area (Å²) >= 11 is 5.83. The number of nitrogens with zero attached hydrogens (tertiary/aromatic N) is 2. The van der Waals surface area contributed by atoms with E-state index in [1.54, 1.807) is 19.1 Å². The van der Waals surface area contributed by atoms with Gasteiger partial charge in [-0.25, -0.2) is 14.4 Å². The van der Waals surface area contributed by atoms with Crippen molar-refractivity contribution in [1.29, 1.82) is 0 Å². The van der Waals surface area contributed by atoms with Crippen molar-refractivity contribution in [2.75, 3.05) is 11.6 Å². The molecule has 0 saturated carbocycles. The Bertz CT molecular complexity index is 1070. The van der Waals surface area contributed by atoms with Gasteiger partial charge in [0.15, 0.2) is 11.6 Å². The van der Waals surface area contributed by atoms with Gasteiger partial charge in [0.25, 0.3) is 0 Å². The largest absolute Gasteiger partial charge is 0.573 e. The number of pyridine rings is 1. The second kappa shape index (κ2) is 8.60. The van der Waals surface area contributed by atoms with Crippen LogP contribution in [0.3, 0.4) is 0 Å². The van der Waals surface area contributed by atoms with Gasteiger partial charge in [0.05, 0.1) is 15.8 Å². The molecule has 6 nitrogen and oxygen atoms in total. The molecule has 160 valence electrons. The molecule has 0 fully saturated rings. The number of aryl methyl sites for hydroxylation is 1. The van der Waals surface area contributed by atoms with Crippen LogP contribution in [0.4, 0.5) is 23.4 Å². The minimum atomic E-state index is -5.02. The fraction of sp³-hybridized carbons (Fsp3) is 0.222. The average molecular weight is 463 g/mol. The standard InChI is InChI=1S/C18H15ClF4N4O2S/c1-9-17(30(2)28)27-16(25-9)15(26-14-6-4-11(19)8-24-14)10-3-5-13(12(20)7-10)29-18(21,22)23/h3-8,15H,1-2H3,(H,24,26)(H,25,27)/t15-,30+/m1/s1. The Morgan fingerprint density at radius 3 is 2.53 bits per heavy atom. The smallest absolute Gasteiger partial charge is 0.403 e. The highest BCUT2D eigenvalue weighted by atomic mass is 35.5. The molecule has 0 unspecified atom stereocenters. The van der Waals surface area contributed by atoms with Crippen LogP contribution in [-0.2, 0) is 10.8 Å². The van der Waals surface area contributed by atoms with Crippen molar-refractivity contribution in [1.82, 2.24) is 15.0 Å². The number of ether oxygens (including phenoxy) is 1. The number of hydrogen-bond donors (Lipinski definition) is 2. The number of H-pyrrole nitrogens is 1. The van der Waals surface area contributed by atoms with Crippen LogP contribution in [-0.4, -0.2) is 31.8 Å². The molecule has 2 N–H and O–H groups in total. The Hall–Kier alpha value is -2.66. The van der Waals surface area contributed by atoms with Gasteiger partial charge in [0.1, 0.15) is 22.7 Å². The van der Waals surface area contributed by atoms with Crippen LogP contribution in [0.25, 0.3) is 0 Å². The lowest BCUT2D eigenvalue weighted by atomic mass is 10.1. The van der Waals surface area contributed by atoms with E-state index in [2.05, 4.69) is 25.0 Å². The Kier molecular flexibility index (Phi) is 6.32. The molecule has 12 heteroatoms. The lowest BCUT2D eigenvalue weighted by molar-refractivity contribution is -0.275. The second-order valence-corrected chi connectivity index (χ2v) is 7.91. The summed E-state index contributed by atoms with van der Waals surface area (Å²) < 4.78 is 67.1. The zero-order valence-corrected chi connectivity index (χ0v) is 17.1. The third-order valence-corrected chi connectivity index (χ3v) is 5.10. The average Bonchev–Trinajstić information content (AvgIpc) is 3.04. The van der Waals surface area contributed by atoms with Crippen molar-refractivity contribution in [3.63, 3.8) is 0 Å². The van der Waals surface area contributed by atoms with E-state index in [0.29, 0.717) is 21.6 Å². The lowest BCUT2D eigenvalue weighted by Crippen LogP contribution is -2.19. The number of halogens is 5. The van der Waals surface area contributed by atoms with Gasteiger partial charge in [0, 0.05) is 18.1 Å². The number of rotatable bonds is 6. The molecular weight excluding hydrogens is 448 g/mol. The van der Waals surface area contributed by atoms with Gasteiger partial charge >= 0.3 is 6.36 Å². The summed E-state index contributed by atoms with van der Waals surface area (Å²) in [6.45, 7) is 1.67. The fourth-order valence-corrected chi connectivity index (χ4v) is 3.53. The number of aromatic nitrogens is 3. The summed E-state index contributed by atoms with van der Waals surface area (Å²) in [7, 11) is -1.38. The van der Waals surface area contributed by atoms with Crippen LogP contribution < -0.4 is 10.1 Å². The highest BCUT2D eigenvalue weighted by Gasteiger charge is 2.33. The first kappa shape index (κ1) is 22.0. The van der Waals surface area contributed by atoms with Crippen LogP contribution >= 0.6 is 11.6 Å². The molecule has 30 heavy (non-hydrogen) atoms. The summed E-state index contributed by atoms with van der Waals surface area (Å²) in [5, 5.41) is 3.72. The minimum Gasteiger partial charge on any atom is -0.403 e. The first-order valence-electron chi connectivity index (χ1n) is 8.36. The Balaban J connectivity index is 2.02. The third kappa shape index (κ3) is 5.28. The van der Waals surface area contributed by atoms with Crippen LogP contribution in [0.1, 0.15) is 23.1 Å². The minimum absolute atomic E-state index is 0.237. The predicted octanol–water partition coefficient (Wildman–Crippen LogP) is 4.74. The van der Waals surface area contributed by atoms with E-state index < -0.39 is 34.8 Å². The molecule has 0 aliphatic carbocycles. The molecule has 0 saturated heterocycles. The third-order valence-electron chi connectivity index (χ3n) is 3.94. The number of nitrogens with one attached hydrogen (secondary N) is 2. The molecular formula is C18H15ClF4N4O2S. The Morgan fingerprint density at radius 1 is 1.27 bits per heavy atom. The number of benzene rings is 1. The maximum absolute atomic E-state index is 14.3. The summed E-state index contributed by atoms with van der Waals surface area (Å²) in [5.41, 5.74) is 0.778. The molecule has 3 rings (SSSR count). The van der Waals surface area contributed by atoms with Crippen LogP contribution in [0.15, 0.2) is 41.6 Å². The van der Waals surface area contributed by atoms with Gasteiger partial charge in [-0.3, -0.25) is 4.21 Å². The molecule has 0 radical (unpaired) electrons. The zero-order valence-electron chi connectivity index (χ0n) is 15.6. The molecule has 2 heterocycles. The van der Waals surface area contributed by atoms with Crippen LogP contribution in [0, 0.1) is 12.7 Å². The second-order valence-electron chi connectivity index (χ2n) is 6.18. The molecule has 0 spiro atoms. The van der Waals surface area contributed by atoms with E-state index in [9.17, 15) is 21.8 Å². The molecule has 0 bridgehead atoms. The Morgan fingerprint density at radius 2 is 2.00 bits per heavy atom. The van der Waals surface area contributed by atoms with Gasteiger partial charge in [-0.2, -0.15) is 0 Å². The van der Waals surface area contributed by atoms with E-state index in [0.717, 1.165) is 12.1 Å². The molecule has 0 aliphatic rings. The molecule has 1 aromatic carbocycles. The maximum Gasteiger partial charge on any atom is 0.573 e. The van der Waals surface area contributed by atoms with Crippen molar-refractivity contribution in [3.8, 4) is 5.75 Å². The van der Waals surface area contributed by atoms with E-state index >= 15 is 0 Å². The number of anilines is 1. The van der Waals surface area contributed by atoms with E-state index in [1.807, 2.05) is 0 Å². The first-order valence-corrected chi connectivity index (χ1v) is 10.3. The van der Waals surface area contributed by atoms with Gasteiger partial charge in [0.2, 0.25) is 0 Å². The van der Waals surface area contributed by atoms with E-state index in [-0.39, 0.29) is 11.4 Å². The monoisotopic (exact) mass is 462 g/mol. The van der Waals surface area contributed by atoms with Crippen molar-refractivity contribution in [2.45, 2.75) is 24.4 Å². The normalized spacial score (nSPS) is 13.7. The summed E-state index contributed by atoms with van der Waals surface area (Å²) in [4.78, 5) is 11.4. The number of alkyl halides is 3. The van der Waals surface area contributed by atoms with E-state index in [4.69, 9.17) is 11.6 Å². The molecule has 3 aromatic rings. The topological polar surface area (TPSA) is 79.9 Å². The fourth-order valence-electron chi connectivity index (χ4n) is 2.71. The maximum atomic E-state index is 14.3. The number of hydrogen-bond acceptors (Lipinski definition) is 5. The van der Waals surface area contributed by atoms with Crippen LogP contribution in [0.5, 0.6) is 5.75 Å². The molecule has 2 aromatic heterocycles. The van der Waals surface area contributed by atoms with E-state index in [1.165, 1.54) is 18.5 Å². The summed E-state index contributed by atoms with van der Waals surface area (Å²) in [6, 6.07) is 5.34. The number of aromatic amines is 1. The highest BCUT2D eigenvalue weighted by Crippen LogP contribution is 2.31. The Labute approximate surface area is 176 Å². The van der Waals surface area contributed by atoms with Crippen molar-refractivity contribution in [3.05, 3.63) is 64.5 Å². The molecule has 0 amide bonds. The summed E-state index contributed by atoms with van der Waals surface area (Å²) in [6.07, 6.45) is -2.17. The van der Waals surface area contributed by atoms with Crippen molar-refractivity contribution < 1.29 is 26.5 Å². The van der Waals surface area contributed by atoms with Crippen LogP contribution in [0.2, 0.25) is 5.02 Å². The highest BCUT2D eigenvalue weighted by molar-refractivity contribution is 7.84. The SMILES string of the molecule is Cc1[nH]c([C@H](Nc2ccc(Cl)cn2)c2ccc(OC(F)(F)F)c(F)c2)nc1[S@](C)=O. The number of imidazole rings is 1. The van der Waals surface area contributed by atoms with Gasteiger partial charge < -0.3 is 15.0 Å². The molecule has 2 atom stereocenters. The van der Waals surface area contributed by atoms with Gasteiger partial charge in [-0.15, -0.1) is 13.2 Å². The van der Waals surface area contributed by atoms with Crippen molar-refractivity contribution in [2.24, 2.45) is 0 Å². The zero-order chi connectivity index (χ0) is 22.1. The predicted molar refractivity (Wildman–Crippen MR) is 103 cm³/mol.